The van der Waals surface area contributed by atoms with Crippen LogP contribution in [0.3, 0.4) is 0 Å². The Labute approximate surface area is 132 Å². The molecule has 0 aromatic heterocycles. The number of hydrogen-bond acceptors (Lipinski definition) is 3. The van der Waals surface area contributed by atoms with E-state index in [2.05, 4.69) is 0 Å². The summed E-state index contributed by atoms with van der Waals surface area (Å²) in [6, 6.07) is 10.1. The van der Waals surface area contributed by atoms with Crippen LogP contribution >= 0.6 is 0 Å². The molecule has 0 amide bonds. The first kappa shape index (κ1) is 16.5. The first-order valence-corrected chi connectivity index (χ1v) is 7.97. The van der Waals surface area contributed by atoms with Crippen LogP contribution < -0.4 is 0 Å². The number of rotatable bonds is 7. The lowest BCUT2D eigenvalue weighted by Gasteiger charge is -2.32. The van der Waals surface area contributed by atoms with Crippen LogP contribution in [0.4, 0.5) is 0 Å². The topological polar surface area (TPSA) is 43.4 Å². The van der Waals surface area contributed by atoms with E-state index in [1.165, 1.54) is 0 Å². The third kappa shape index (κ3) is 3.46. The molecule has 3 nitrogen and oxygen atoms in total. The van der Waals surface area contributed by atoms with Crippen molar-refractivity contribution in [1.29, 1.82) is 0 Å². The van der Waals surface area contributed by atoms with E-state index in [0.717, 1.165) is 11.3 Å². The Morgan fingerprint density at radius 1 is 1.14 bits per heavy atom. The van der Waals surface area contributed by atoms with E-state index < -0.39 is 11.5 Å². The standard InChI is InChI=1S/C19H24O3/c1-4-16(20)18(17(21)5-2)19(3)12-11-15(22-19)13-14-9-7-6-8-10-14/h6-11,18H,4-5,12-13H2,1-3H3. The van der Waals surface area contributed by atoms with Crippen LogP contribution in [0, 0.1) is 5.92 Å². The minimum atomic E-state index is -0.732. The van der Waals surface area contributed by atoms with E-state index in [9.17, 15) is 9.59 Å². The fourth-order valence-corrected chi connectivity index (χ4v) is 3.05. The van der Waals surface area contributed by atoms with E-state index in [0.29, 0.717) is 25.7 Å². The second-order valence-electron chi connectivity index (χ2n) is 6.02. The van der Waals surface area contributed by atoms with Crippen molar-refractivity contribution >= 4 is 11.6 Å². The first-order chi connectivity index (χ1) is 10.5. The van der Waals surface area contributed by atoms with Gasteiger partial charge in [0.1, 0.15) is 23.1 Å². The highest BCUT2D eigenvalue weighted by molar-refractivity contribution is 6.03. The van der Waals surface area contributed by atoms with Crippen molar-refractivity contribution in [3.05, 3.63) is 47.7 Å². The number of ketones is 2. The maximum Gasteiger partial charge on any atom is 0.147 e. The average molecular weight is 300 g/mol. The van der Waals surface area contributed by atoms with E-state index in [1.807, 2.05) is 43.3 Å². The molecule has 0 aliphatic carbocycles. The Balaban J connectivity index is 2.12. The van der Waals surface area contributed by atoms with Gasteiger partial charge in [0, 0.05) is 25.7 Å². The summed E-state index contributed by atoms with van der Waals surface area (Å²) in [7, 11) is 0. The SMILES string of the molecule is CCC(=O)C(C(=O)CC)C1(C)CC=C(Cc2ccccc2)O1. The molecule has 1 aliphatic heterocycles. The normalized spacial score (nSPS) is 20.6. The van der Waals surface area contributed by atoms with Crippen LogP contribution in [0.2, 0.25) is 0 Å². The molecular formula is C19H24O3. The number of allylic oxidation sites excluding steroid dienone is 1. The van der Waals surface area contributed by atoms with Crippen LogP contribution in [-0.2, 0) is 20.7 Å². The summed E-state index contributed by atoms with van der Waals surface area (Å²) in [5, 5.41) is 0. The van der Waals surface area contributed by atoms with E-state index >= 15 is 0 Å². The van der Waals surface area contributed by atoms with Gasteiger partial charge in [0.25, 0.3) is 0 Å². The summed E-state index contributed by atoms with van der Waals surface area (Å²) in [5.74, 6) is 0.144. The van der Waals surface area contributed by atoms with Gasteiger partial charge in [-0.15, -0.1) is 0 Å². The van der Waals surface area contributed by atoms with Crippen molar-refractivity contribution in [2.24, 2.45) is 5.92 Å². The van der Waals surface area contributed by atoms with Gasteiger partial charge in [0.05, 0.1) is 5.76 Å². The molecule has 118 valence electrons. The van der Waals surface area contributed by atoms with Gasteiger partial charge in [-0.25, -0.2) is 0 Å². The van der Waals surface area contributed by atoms with Crippen LogP contribution in [0.5, 0.6) is 0 Å². The second kappa shape index (κ2) is 6.91. The lowest BCUT2D eigenvalue weighted by atomic mass is 9.79. The summed E-state index contributed by atoms with van der Waals surface area (Å²) in [5.41, 5.74) is 0.433. The molecular weight excluding hydrogens is 276 g/mol. The van der Waals surface area contributed by atoms with Gasteiger partial charge >= 0.3 is 0 Å². The van der Waals surface area contributed by atoms with Crippen molar-refractivity contribution in [2.75, 3.05) is 0 Å². The largest absolute Gasteiger partial charge is 0.490 e. The van der Waals surface area contributed by atoms with Crippen molar-refractivity contribution in [3.63, 3.8) is 0 Å². The van der Waals surface area contributed by atoms with Gasteiger partial charge in [-0.05, 0) is 18.6 Å². The van der Waals surface area contributed by atoms with Crippen LogP contribution in [0.1, 0.15) is 45.6 Å². The highest BCUT2D eigenvalue weighted by Crippen LogP contribution is 2.37. The zero-order chi connectivity index (χ0) is 16.2. The third-order valence-corrected chi connectivity index (χ3v) is 4.27. The number of carbonyl (C=O) groups excluding carboxylic acids is 2. The van der Waals surface area contributed by atoms with Crippen LogP contribution in [-0.4, -0.2) is 17.2 Å². The molecule has 0 spiro atoms. The van der Waals surface area contributed by atoms with E-state index in [1.54, 1.807) is 13.8 Å². The molecule has 1 heterocycles. The first-order valence-electron chi connectivity index (χ1n) is 7.97. The Hall–Kier alpha value is -1.90. The van der Waals surface area contributed by atoms with Gasteiger partial charge in [0.15, 0.2) is 0 Å². The fraction of sp³-hybridized carbons (Fsp3) is 0.474. The molecule has 0 bridgehead atoms. The van der Waals surface area contributed by atoms with Gasteiger partial charge in [0.2, 0.25) is 0 Å². The van der Waals surface area contributed by atoms with E-state index in [4.69, 9.17) is 4.74 Å². The minimum Gasteiger partial charge on any atom is -0.490 e. The monoisotopic (exact) mass is 300 g/mol. The molecule has 0 radical (unpaired) electrons. The van der Waals surface area contributed by atoms with Gasteiger partial charge in [-0.1, -0.05) is 44.2 Å². The fourth-order valence-electron chi connectivity index (χ4n) is 3.05. The average Bonchev–Trinajstić information content (AvgIpc) is 2.89. The highest BCUT2D eigenvalue weighted by atomic mass is 16.5. The number of carbonyl (C=O) groups is 2. The summed E-state index contributed by atoms with van der Waals surface area (Å²) in [6.45, 7) is 5.48. The molecule has 1 aliphatic rings. The minimum absolute atomic E-state index is 0.0243. The molecule has 0 N–H and O–H groups in total. The zero-order valence-corrected chi connectivity index (χ0v) is 13.6. The lowest BCUT2D eigenvalue weighted by molar-refractivity contribution is -0.143. The summed E-state index contributed by atoms with van der Waals surface area (Å²) < 4.78 is 6.08. The smallest absolute Gasteiger partial charge is 0.147 e. The lowest BCUT2D eigenvalue weighted by Crippen LogP contribution is -2.44. The summed E-state index contributed by atoms with van der Waals surface area (Å²) in [6.07, 6.45) is 4.06. The van der Waals surface area contributed by atoms with Crippen molar-refractivity contribution in [1.82, 2.24) is 0 Å². The molecule has 1 unspecified atom stereocenters. The molecule has 22 heavy (non-hydrogen) atoms. The highest BCUT2D eigenvalue weighted by Gasteiger charge is 2.46. The second-order valence-corrected chi connectivity index (χ2v) is 6.02. The van der Waals surface area contributed by atoms with Crippen molar-refractivity contribution in [3.8, 4) is 0 Å². The maximum atomic E-state index is 12.2. The molecule has 0 fully saturated rings. The molecule has 0 saturated heterocycles. The Morgan fingerprint density at radius 3 is 2.27 bits per heavy atom. The van der Waals surface area contributed by atoms with Crippen LogP contribution in [0.25, 0.3) is 0 Å². The van der Waals surface area contributed by atoms with Crippen molar-refractivity contribution < 1.29 is 14.3 Å². The number of benzene rings is 1. The Kier molecular flexibility index (Phi) is 5.17. The number of ether oxygens (including phenoxy) is 1. The van der Waals surface area contributed by atoms with E-state index in [-0.39, 0.29) is 11.6 Å². The molecule has 0 saturated carbocycles. The van der Waals surface area contributed by atoms with Crippen LogP contribution in [0.15, 0.2) is 42.2 Å². The molecule has 3 heteroatoms. The molecule has 2 rings (SSSR count). The Bertz CT molecular complexity index is 558. The number of Topliss-reactive ketones (excluding diaryl/α,β-unsaturated/α-hetero) is 2. The third-order valence-electron chi connectivity index (χ3n) is 4.27. The van der Waals surface area contributed by atoms with Gasteiger partial charge < -0.3 is 4.74 Å². The summed E-state index contributed by atoms with van der Waals surface area (Å²) in [4.78, 5) is 24.5. The summed E-state index contributed by atoms with van der Waals surface area (Å²) >= 11 is 0. The van der Waals surface area contributed by atoms with Gasteiger partial charge in [-0.3, -0.25) is 9.59 Å². The quantitative estimate of drug-likeness (QED) is 0.718. The molecule has 1 atom stereocenters. The molecule has 1 aromatic carbocycles. The number of hydrogen-bond donors (Lipinski definition) is 0. The zero-order valence-electron chi connectivity index (χ0n) is 13.6. The Morgan fingerprint density at radius 2 is 1.73 bits per heavy atom. The molecule has 1 aromatic rings. The predicted octanol–water partition coefficient (Wildman–Crippen LogP) is 3.87. The predicted molar refractivity (Wildman–Crippen MR) is 86.4 cm³/mol. The van der Waals surface area contributed by atoms with Gasteiger partial charge in [-0.2, -0.15) is 0 Å². The van der Waals surface area contributed by atoms with Crippen molar-refractivity contribution in [2.45, 2.75) is 52.1 Å². The maximum absolute atomic E-state index is 12.2.